The third kappa shape index (κ3) is 5.19. The number of carbonyl (C=O) groups excluding carboxylic acids is 2. The quantitative estimate of drug-likeness (QED) is 0.368. The number of rotatable bonds is 7. The van der Waals surface area contributed by atoms with Crippen molar-refractivity contribution in [1.82, 2.24) is 14.5 Å². The van der Waals surface area contributed by atoms with Crippen molar-refractivity contribution in [3.8, 4) is 0 Å². The maximum atomic E-state index is 14.0. The summed E-state index contributed by atoms with van der Waals surface area (Å²) in [5, 5.41) is 9.82. The van der Waals surface area contributed by atoms with Gasteiger partial charge in [0.1, 0.15) is 11.3 Å². The molecule has 2 aromatic rings. The van der Waals surface area contributed by atoms with Gasteiger partial charge in [0.15, 0.2) is 0 Å². The van der Waals surface area contributed by atoms with Crippen LogP contribution in [0, 0.1) is 11.3 Å². The number of nitrogens with two attached hydrogens (primary N) is 1. The molecule has 5 rings (SSSR count). The van der Waals surface area contributed by atoms with Gasteiger partial charge in [-0.1, -0.05) is 60.7 Å². The molecule has 3 aliphatic rings. The third-order valence-electron chi connectivity index (χ3n) is 8.19. The minimum absolute atomic E-state index is 0.00595. The third-order valence-corrected chi connectivity index (χ3v) is 10.3. The topological polar surface area (TPSA) is 137 Å². The SMILES string of the molecule is N=C(N)C1CCC(NC(=O)[C@@H]2CC[C@H]3CN(S(=O)(=O)C(c4ccccc4)c4ccccc4)CC(=O)N32)CC1. The van der Waals surface area contributed by atoms with Crippen LogP contribution in [-0.2, 0) is 19.6 Å². The molecule has 0 bridgehead atoms. The molecule has 0 radical (unpaired) electrons. The molecule has 0 unspecified atom stereocenters. The van der Waals surface area contributed by atoms with E-state index in [-0.39, 0.29) is 48.7 Å². The van der Waals surface area contributed by atoms with Gasteiger partial charge in [-0.25, -0.2) is 8.42 Å². The van der Waals surface area contributed by atoms with Gasteiger partial charge in [0.25, 0.3) is 0 Å². The minimum atomic E-state index is -3.92. The van der Waals surface area contributed by atoms with E-state index in [0.29, 0.717) is 24.0 Å². The Morgan fingerprint density at radius 2 is 1.50 bits per heavy atom. The summed E-state index contributed by atoms with van der Waals surface area (Å²) in [6, 6.07) is 17.2. The average molecular weight is 538 g/mol. The highest BCUT2D eigenvalue weighted by Gasteiger charge is 2.48. The molecule has 1 saturated carbocycles. The van der Waals surface area contributed by atoms with E-state index in [2.05, 4.69) is 5.32 Å². The molecular weight excluding hydrogens is 502 g/mol. The van der Waals surface area contributed by atoms with Crippen molar-refractivity contribution >= 4 is 27.7 Å². The van der Waals surface area contributed by atoms with E-state index in [0.717, 1.165) is 25.7 Å². The van der Waals surface area contributed by atoms with Crippen molar-refractivity contribution in [3.63, 3.8) is 0 Å². The molecule has 38 heavy (non-hydrogen) atoms. The van der Waals surface area contributed by atoms with Crippen LogP contribution in [0.25, 0.3) is 0 Å². The zero-order chi connectivity index (χ0) is 26.9. The number of benzene rings is 2. The Kier molecular flexibility index (Phi) is 7.54. The lowest BCUT2D eigenvalue weighted by atomic mass is 9.85. The number of fused-ring (bicyclic) bond motifs is 1. The molecule has 1 aliphatic carbocycles. The maximum Gasteiger partial charge on any atom is 0.243 e. The van der Waals surface area contributed by atoms with E-state index in [4.69, 9.17) is 11.1 Å². The van der Waals surface area contributed by atoms with Crippen LogP contribution in [0.2, 0.25) is 0 Å². The van der Waals surface area contributed by atoms with Crippen LogP contribution in [0.5, 0.6) is 0 Å². The number of nitrogens with zero attached hydrogens (tertiary/aromatic N) is 2. The minimum Gasteiger partial charge on any atom is -0.387 e. The standard InChI is InChI=1S/C28H35N5O4S/c29-27(30)21-11-13-22(14-12-21)31-28(35)24-16-15-23-17-32(18-25(34)33(23)24)38(36,37)26(19-7-3-1-4-8-19)20-9-5-2-6-10-20/h1-10,21-24,26H,11-18H2,(H3,29,30)(H,31,35)/t21?,22?,23-,24-/m0/s1. The van der Waals surface area contributed by atoms with Gasteiger partial charge in [-0.15, -0.1) is 0 Å². The first-order valence-electron chi connectivity index (χ1n) is 13.3. The first-order valence-corrected chi connectivity index (χ1v) is 14.8. The Morgan fingerprint density at radius 1 is 0.921 bits per heavy atom. The van der Waals surface area contributed by atoms with E-state index in [1.54, 1.807) is 29.2 Å². The lowest BCUT2D eigenvalue weighted by molar-refractivity contribution is -0.143. The van der Waals surface area contributed by atoms with Gasteiger partial charge in [0.2, 0.25) is 21.8 Å². The summed E-state index contributed by atoms with van der Waals surface area (Å²) in [7, 11) is -3.92. The lowest BCUT2D eigenvalue weighted by Gasteiger charge is -2.40. The molecule has 2 amide bonds. The highest BCUT2D eigenvalue weighted by atomic mass is 32.2. The van der Waals surface area contributed by atoms with E-state index < -0.39 is 21.3 Å². The second-order valence-corrected chi connectivity index (χ2v) is 12.6. The van der Waals surface area contributed by atoms with Crippen LogP contribution >= 0.6 is 0 Å². The van der Waals surface area contributed by atoms with Crippen molar-refractivity contribution in [2.75, 3.05) is 13.1 Å². The largest absolute Gasteiger partial charge is 0.387 e. The predicted octanol–water partition coefficient (Wildman–Crippen LogP) is 2.39. The highest BCUT2D eigenvalue weighted by molar-refractivity contribution is 7.89. The van der Waals surface area contributed by atoms with Crippen molar-refractivity contribution < 1.29 is 18.0 Å². The summed E-state index contributed by atoms with van der Waals surface area (Å²) in [4.78, 5) is 28.2. The molecule has 0 aromatic heterocycles. The molecule has 10 heteroatoms. The molecule has 9 nitrogen and oxygen atoms in total. The van der Waals surface area contributed by atoms with E-state index >= 15 is 0 Å². The monoisotopic (exact) mass is 537 g/mol. The highest BCUT2D eigenvalue weighted by Crippen LogP contribution is 2.36. The molecular formula is C28H35N5O4S. The Balaban J connectivity index is 1.30. The number of carbonyl (C=O) groups is 2. The second kappa shape index (κ2) is 10.9. The number of sulfonamides is 1. The zero-order valence-electron chi connectivity index (χ0n) is 21.3. The van der Waals surface area contributed by atoms with Gasteiger partial charge in [-0.3, -0.25) is 15.0 Å². The summed E-state index contributed by atoms with van der Waals surface area (Å²) in [6.45, 7) is -0.0970. The first kappa shape index (κ1) is 26.4. The van der Waals surface area contributed by atoms with Gasteiger partial charge in [-0.2, -0.15) is 4.31 Å². The lowest BCUT2D eigenvalue weighted by Crippen LogP contribution is -2.60. The fourth-order valence-electron chi connectivity index (χ4n) is 6.21. The molecule has 2 aromatic carbocycles. The second-order valence-electron chi connectivity index (χ2n) is 10.6. The Labute approximate surface area is 223 Å². The summed E-state index contributed by atoms with van der Waals surface area (Å²) in [5.74, 6) is -0.225. The molecule has 4 N–H and O–H groups in total. The first-order chi connectivity index (χ1) is 18.3. The van der Waals surface area contributed by atoms with Gasteiger partial charge < -0.3 is 16.0 Å². The van der Waals surface area contributed by atoms with Gasteiger partial charge in [0.05, 0.1) is 12.4 Å². The van der Waals surface area contributed by atoms with Crippen molar-refractivity contribution in [1.29, 1.82) is 5.41 Å². The predicted molar refractivity (Wildman–Crippen MR) is 145 cm³/mol. The van der Waals surface area contributed by atoms with Crippen LogP contribution in [0.3, 0.4) is 0 Å². The summed E-state index contributed by atoms with van der Waals surface area (Å²) >= 11 is 0. The maximum absolute atomic E-state index is 14.0. The average Bonchev–Trinajstić information content (AvgIpc) is 3.35. The number of nitrogens with one attached hydrogen (secondary N) is 2. The normalized spacial score (nSPS) is 26.2. The number of piperazine rings is 1. The number of amidine groups is 1. The van der Waals surface area contributed by atoms with Crippen LogP contribution in [0.4, 0.5) is 0 Å². The number of hydrogen-bond donors (Lipinski definition) is 3. The van der Waals surface area contributed by atoms with Crippen LogP contribution in [0.1, 0.15) is 54.9 Å². The molecule has 0 spiro atoms. The molecule has 2 aliphatic heterocycles. The zero-order valence-corrected chi connectivity index (χ0v) is 22.1. The van der Waals surface area contributed by atoms with Crippen molar-refractivity contribution in [3.05, 3.63) is 71.8 Å². The fraction of sp³-hybridized carbons (Fsp3) is 0.464. The van der Waals surface area contributed by atoms with Crippen molar-refractivity contribution in [2.24, 2.45) is 11.7 Å². The molecule has 2 saturated heterocycles. The molecule has 3 fully saturated rings. The fourth-order valence-corrected chi connectivity index (χ4v) is 8.18. The molecule has 2 atom stereocenters. The van der Waals surface area contributed by atoms with Gasteiger partial charge >= 0.3 is 0 Å². The van der Waals surface area contributed by atoms with Crippen LogP contribution in [0.15, 0.2) is 60.7 Å². The van der Waals surface area contributed by atoms with Gasteiger partial charge in [0, 0.05) is 24.5 Å². The summed E-state index contributed by atoms with van der Waals surface area (Å²) < 4.78 is 29.4. The Morgan fingerprint density at radius 3 is 2.05 bits per heavy atom. The van der Waals surface area contributed by atoms with Gasteiger partial charge in [-0.05, 0) is 49.7 Å². The Bertz CT molecular complexity index is 1240. The van der Waals surface area contributed by atoms with E-state index in [9.17, 15) is 18.0 Å². The molecule has 202 valence electrons. The summed E-state index contributed by atoms with van der Waals surface area (Å²) in [5.41, 5.74) is 6.93. The summed E-state index contributed by atoms with van der Waals surface area (Å²) in [6.07, 6.45) is 4.15. The molecule has 2 heterocycles. The number of hydrogen-bond acceptors (Lipinski definition) is 5. The van der Waals surface area contributed by atoms with Crippen LogP contribution < -0.4 is 11.1 Å². The van der Waals surface area contributed by atoms with Crippen LogP contribution in [-0.4, -0.2) is 66.5 Å². The number of amides is 2. The Hall–Kier alpha value is -3.24. The van der Waals surface area contributed by atoms with E-state index in [1.807, 2.05) is 36.4 Å². The van der Waals surface area contributed by atoms with E-state index in [1.165, 1.54) is 4.31 Å². The van der Waals surface area contributed by atoms with Crippen molar-refractivity contribution in [2.45, 2.75) is 61.9 Å². The smallest absolute Gasteiger partial charge is 0.243 e.